The quantitative estimate of drug-likeness (QED) is 0.426. The average Bonchev–Trinajstić information content (AvgIpc) is 3.42. The van der Waals surface area contributed by atoms with Crippen LogP contribution in [0.4, 0.5) is 5.69 Å². The molecular weight excluding hydrogens is 380 g/mol. The van der Waals surface area contributed by atoms with Crippen LogP contribution in [0.3, 0.4) is 0 Å². The van der Waals surface area contributed by atoms with Crippen LogP contribution in [0.25, 0.3) is 28.7 Å². The highest BCUT2D eigenvalue weighted by Crippen LogP contribution is 2.23. The van der Waals surface area contributed by atoms with Gasteiger partial charge in [-0.25, -0.2) is 4.98 Å². The van der Waals surface area contributed by atoms with Gasteiger partial charge < -0.3 is 20.0 Å². The van der Waals surface area contributed by atoms with Gasteiger partial charge in [-0.15, -0.1) is 0 Å². The first kappa shape index (κ1) is 19.2. The molecule has 0 radical (unpaired) electrons. The molecule has 30 heavy (non-hydrogen) atoms. The van der Waals surface area contributed by atoms with Gasteiger partial charge in [-0.05, 0) is 48.9 Å². The highest BCUT2D eigenvalue weighted by molar-refractivity contribution is 6.00. The number of rotatable bonds is 6. The van der Waals surface area contributed by atoms with Crippen LogP contribution in [0.1, 0.15) is 12.5 Å². The van der Waals surface area contributed by atoms with Crippen LogP contribution in [0.15, 0.2) is 77.4 Å². The first-order valence-electron chi connectivity index (χ1n) is 9.46. The Kier molecular flexibility index (Phi) is 5.43. The summed E-state index contributed by atoms with van der Waals surface area (Å²) >= 11 is 0. The second-order valence-corrected chi connectivity index (χ2v) is 6.76. The molecule has 4 rings (SSSR count). The fourth-order valence-electron chi connectivity index (χ4n) is 2.93. The van der Waals surface area contributed by atoms with Crippen LogP contribution in [0.5, 0.6) is 0 Å². The molecule has 0 aliphatic rings. The first-order valence-corrected chi connectivity index (χ1v) is 9.46. The Bertz CT molecular complexity index is 1190. The minimum atomic E-state index is -0.700. The summed E-state index contributed by atoms with van der Waals surface area (Å²) in [5.74, 6) is 0.594. The topological polar surface area (TPSA) is 100 Å². The number of anilines is 1. The van der Waals surface area contributed by atoms with E-state index in [0.717, 1.165) is 16.6 Å². The number of nitrogens with one attached hydrogen (secondary N) is 3. The van der Waals surface area contributed by atoms with Gasteiger partial charge >= 0.3 is 0 Å². The smallest absolute Gasteiger partial charge is 0.246 e. The van der Waals surface area contributed by atoms with Gasteiger partial charge in [0, 0.05) is 11.8 Å². The van der Waals surface area contributed by atoms with Gasteiger partial charge in [0.15, 0.2) is 11.6 Å². The number of imidazole rings is 1. The van der Waals surface area contributed by atoms with Crippen molar-refractivity contribution < 1.29 is 14.0 Å². The number of amides is 2. The SMILES string of the molecule is CC(NC(=O)C=Cc1ccccc1)C(=O)Nc1ccc2nc(-c3ccco3)[nH]c2c1. The van der Waals surface area contributed by atoms with Crippen LogP contribution in [0, 0.1) is 0 Å². The number of benzene rings is 2. The van der Waals surface area contributed by atoms with Gasteiger partial charge in [0.05, 0.1) is 17.3 Å². The number of aromatic nitrogens is 2. The molecule has 150 valence electrons. The minimum Gasteiger partial charge on any atom is -0.461 e. The molecule has 1 atom stereocenters. The summed E-state index contributed by atoms with van der Waals surface area (Å²) in [6, 6.07) is 17.7. The molecule has 1 unspecified atom stereocenters. The van der Waals surface area contributed by atoms with Crippen molar-refractivity contribution in [1.82, 2.24) is 15.3 Å². The molecule has 2 aromatic heterocycles. The molecule has 0 bridgehead atoms. The maximum Gasteiger partial charge on any atom is 0.246 e. The third kappa shape index (κ3) is 4.47. The van der Waals surface area contributed by atoms with Crippen LogP contribution >= 0.6 is 0 Å². The van der Waals surface area contributed by atoms with Crippen molar-refractivity contribution in [2.24, 2.45) is 0 Å². The van der Waals surface area contributed by atoms with E-state index in [1.54, 1.807) is 43.5 Å². The number of carbonyl (C=O) groups excluding carboxylic acids is 2. The molecule has 7 nitrogen and oxygen atoms in total. The van der Waals surface area contributed by atoms with Crippen LogP contribution in [-0.4, -0.2) is 27.8 Å². The Hall–Kier alpha value is -4.13. The monoisotopic (exact) mass is 400 g/mol. The Morgan fingerprint density at radius 1 is 1.10 bits per heavy atom. The standard InChI is InChI=1S/C23H20N4O3/c1-15(24-21(28)12-9-16-6-3-2-4-7-16)23(29)25-17-10-11-18-19(14-17)27-22(26-18)20-8-5-13-30-20/h2-15H,1H3,(H,24,28)(H,25,29)(H,26,27). The Balaban J connectivity index is 1.38. The zero-order chi connectivity index (χ0) is 20.9. The Morgan fingerprint density at radius 2 is 1.93 bits per heavy atom. The predicted octanol–water partition coefficient (Wildman–Crippen LogP) is 3.98. The van der Waals surface area contributed by atoms with E-state index in [0.29, 0.717) is 17.3 Å². The molecule has 0 fully saturated rings. The predicted molar refractivity (Wildman–Crippen MR) is 116 cm³/mol. The Morgan fingerprint density at radius 3 is 2.70 bits per heavy atom. The normalized spacial score (nSPS) is 12.2. The van der Waals surface area contributed by atoms with E-state index in [9.17, 15) is 9.59 Å². The fourth-order valence-corrected chi connectivity index (χ4v) is 2.93. The average molecular weight is 400 g/mol. The molecule has 0 saturated carbocycles. The van der Waals surface area contributed by atoms with E-state index >= 15 is 0 Å². The first-order chi connectivity index (χ1) is 14.6. The summed E-state index contributed by atoms with van der Waals surface area (Å²) < 4.78 is 5.35. The van der Waals surface area contributed by atoms with E-state index in [1.807, 2.05) is 36.4 Å². The van der Waals surface area contributed by atoms with Crippen molar-refractivity contribution >= 4 is 34.6 Å². The molecule has 2 heterocycles. The number of nitrogens with zero attached hydrogens (tertiary/aromatic N) is 1. The highest BCUT2D eigenvalue weighted by Gasteiger charge is 2.15. The van der Waals surface area contributed by atoms with Crippen molar-refractivity contribution in [3.8, 4) is 11.6 Å². The lowest BCUT2D eigenvalue weighted by Crippen LogP contribution is -2.40. The third-order valence-corrected chi connectivity index (χ3v) is 4.48. The molecule has 0 spiro atoms. The molecule has 0 aliphatic carbocycles. The highest BCUT2D eigenvalue weighted by atomic mass is 16.3. The van der Waals surface area contributed by atoms with Gasteiger partial charge in [0.1, 0.15) is 6.04 Å². The fraction of sp³-hybridized carbons (Fsp3) is 0.0870. The lowest BCUT2D eigenvalue weighted by atomic mass is 10.2. The minimum absolute atomic E-state index is 0.318. The summed E-state index contributed by atoms with van der Waals surface area (Å²) in [6.45, 7) is 1.63. The number of furan rings is 1. The summed E-state index contributed by atoms with van der Waals surface area (Å²) in [4.78, 5) is 32.2. The molecule has 3 N–H and O–H groups in total. The maximum absolute atomic E-state index is 12.5. The van der Waals surface area contributed by atoms with E-state index in [4.69, 9.17) is 4.42 Å². The van der Waals surface area contributed by atoms with Gasteiger partial charge in [0.2, 0.25) is 11.8 Å². The van der Waals surface area contributed by atoms with Crippen molar-refractivity contribution in [2.75, 3.05) is 5.32 Å². The number of fused-ring (bicyclic) bond motifs is 1. The number of H-pyrrole nitrogens is 1. The molecule has 0 saturated heterocycles. The lowest BCUT2D eigenvalue weighted by molar-refractivity contribution is -0.123. The number of aromatic amines is 1. The molecule has 0 aliphatic heterocycles. The summed E-state index contributed by atoms with van der Waals surface area (Å²) in [7, 11) is 0. The maximum atomic E-state index is 12.5. The molecular formula is C23H20N4O3. The zero-order valence-corrected chi connectivity index (χ0v) is 16.3. The second-order valence-electron chi connectivity index (χ2n) is 6.76. The molecule has 2 amide bonds. The van der Waals surface area contributed by atoms with Crippen molar-refractivity contribution in [2.45, 2.75) is 13.0 Å². The molecule has 7 heteroatoms. The van der Waals surface area contributed by atoms with E-state index < -0.39 is 6.04 Å². The lowest BCUT2D eigenvalue weighted by Gasteiger charge is -2.13. The van der Waals surface area contributed by atoms with Crippen LogP contribution in [-0.2, 0) is 9.59 Å². The zero-order valence-electron chi connectivity index (χ0n) is 16.3. The van der Waals surface area contributed by atoms with E-state index in [-0.39, 0.29) is 11.8 Å². The van der Waals surface area contributed by atoms with Crippen LogP contribution in [0.2, 0.25) is 0 Å². The summed E-state index contributed by atoms with van der Waals surface area (Å²) in [5.41, 5.74) is 3.03. The number of hydrogen-bond acceptors (Lipinski definition) is 4. The van der Waals surface area contributed by atoms with Gasteiger partial charge in [0.25, 0.3) is 0 Å². The van der Waals surface area contributed by atoms with E-state index in [2.05, 4.69) is 20.6 Å². The van der Waals surface area contributed by atoms with Crippen molar-refractivity contribution in [3.63, 3.8) is 0 Å². The largest absolute Gasteiger partial charge is 0.461 e. The van der Waals surface area contributed by atoms with E-state index in [1.165, 1.54) is 6.08 Å². The molecule has 2 aromatic carbocycles. The van der Waals surface area contributed by atoms with Gasteiger partial charge in [-0.1, -0.05) is 30.3 Å². The third-order valence-electron chi connectivity index (χ3n) is 4.48. The Labute approximate surface area is 172 Å². The number of hydrogen-bond donors (Lipinski definition) is 3. The molecule has 4 aromatic rings. The summed E-state index contributed by atoms with van der Waals surface area (Å²) in [6.07, 6.45) is 4.69. The van der Waals surface area contributed by atoms with Crippen molar-refractivity contribution in [1.29, 1.82) is 0 Å². The second kappa shape index (κ2) is 8.48. The van der Waals surface area contributed by atoms with Crippen LogP contribution < -0.4 is 10.6 Å². The van der Waals surface area contributed by atoms with Crippen molar-refractivity contribution in [3.05, 3.63) is 78.6 Å². The van der Waals surface area contributed by atoms with Gasteiger partial charge in [-0.3, -0.25) is 9.59 Å². The van der Waals surface area contributed by atoms with Gasteiger partial charge in [-0.2, -0.15) is 0 Å². The summed E-state index contributed by atoms with van der Waals surface area (Å²) in [5, 5.41) is 5.47. The number of carbonyl (C=O) groups is 2.